The van der Waals surface area contributed by atoms with Gasteiger partial charge in [-0.1, -0.05) is 78.9 Å². The van der Waals surface area contributed by atoms with Gasteiger partial charge in [0.05, 0.1) is 31.2 Å². The molecule has 10 nitrogen and oxygen atoms in total. The fraction of sp³-hybridized carbons (Fsp3) is 0.314. The third-order valence-corrected chi connectivity index (χ3v) is 8.74. The molecule has 1 unspecified atom stereocenters. The summed E-state index contributed by atoms with van der Waals surface area (Å²) in [5.41, 5.74) is 1.97. The quantitative estimate of drug-likeness (QED) is 0.324. The van der Waals surface area contributed by atoms with E-state index in [9.17, 15) is 24.6 Å². The minimum absolute atomic E-state index is 0.122. The van der Waals surface area contributed by atoms with Gasteiger partial charge >= 0.3 is 6.09 Å². The van der Waals surface area contributed by atoms with Gasteiger partial charge in [-0.2, -0.15) is 0 Å². The minimum Gasteiger partial charge on any atom is -0.465 e. The first-order chi connectivity index (χ1) is 21.8. The number of carboxylic acid groups (broad SMARTS) is 1. The molecule has 0 bridgehead atoms. The van der Waals surface area contributed by atoms with Crippen LogP contribution in [0.15, 0.2) is 97.3 Å². The second kappa shape index (κ2) is 13.0. The Morgan fingerprint density at radius 2 is 1.49 bits per heavy atom. The highest BCUT2D eigenvalue weighted by Crippen LogP contribution is 2.31. The lowest BCUT2D eigenvalue weighted by Gasteiger charge is -2.40. The lowest BCUT2D eigenvalue weighted by molar-refractivity contribution is -0.0360. The molecule has 45 heavy (non-hydrogen) atoms. The van der Waals surface area contributed by atoms with Crippen molar-refractivity contribution in [1.82, 2.24) is 24.3 Å². The van der Waals surface area contributed by atoms with Crippen LogP contribution < -0.4 is 0 Å². The van der Waals surface area contributed by atoms with Crippen LogP contribution in [-0.2, 0) is 13.0 Å². The number of carbonyl (C=O) groups excluding carboxylic acids is 2. The van der Waals surface area contributed by atoms with Gasteiger partial charge in [0.2, 0.25) is 0 Å². The van der Waals surface area contributed by atoms with E-state index in [1.165, 1.54) is 4.90 Å². The summed E-state index contributed by atoms with van der Waals surface area (Å²) in [6, 6.07) is 27.9. The number of aliphatic hydroxyl groups is 1. The number of piperazine rings is 1. The SMILES string of the molecule is O=C(O)N1CCN(C(=O)c2ncn(CC3(O)CCCN(C(=O)c4ccccc4)C3)c2-c2ccccc2)[C@H](Cc2ccccc2)C1. The molecule has 4 aromatic rings. The summed E-state index contributed by atoms with van der Waals surface area (Å²) in [6.07, 6.45) is 2.23. The number of β-amino-alcohol motifs (C(OH)–C–C–N with tert-alkyl or cyclic N) is 1. The molecule has 0 radical (unpaired) electrons. The molecular formula is C35H37N5O5. The number of amides is 3. The minimum atomic E-state index is -1.23. The van der Waals surface area contributed by atoms with Crippen LogP contribution in [0.4, 0.5) is 4.79 Å². The van der Waals surface area contributed by atoms with Crippen LogP contribution in [0.25, 0.3) is 11.3 Å². The molecule has 2 fully saturated rings. The highest BCUT2D eigenvalue weighted by atomic mass is 16.4. The molecule has 0 saturated carbocycles. The molecule has 2 N–H and O–H groups in total. The smallest absolute Gasteiger partial charge is 0.407 e. The van der Waals surface area contributed by atoms with E-state index in [0.717, 1.165) is 11.1 Å². The van der Waals surface area contributed by atoms with Crippen molar-refractivity contribution in [3.63, 3.8) is 0 Å². The van der Waals surface area contributed by atoms with Gasteiger partial charge in [0.25, 0.3) is 11.8 Å². The fourth-order valence-corrected chi connectivity index (χ4v) is 6.55. The molecular weight excluding hydrogens is 570 g/mol. The topological polar surface area (TPSA) is 119 Å². The predicted octanol–water partition coefficient (Wildman–Crippen LogP) is 4.26. The number of piperidine rings is 1. The summed E-state index contributed by atoms with van der Waals surface area (Å²) >= 11 is 0. The molecule has 3 aromatic carbocycles. The maximum absolute atomic E-state index is 14.3. The number of imidazole rings is 1. The number of likely N-dealkylation sites (tertiary alicyclic amines) is 1. The van der Waals surface area contributed by atoms with E-state index >= 15 is 0 Å². The van der Waals surface area contributed by atoms with Crippen LogP contribution in [0, 0.1) is 0 Å². The number of carbonyl (C=O) groups is 3. The molecule has 1 aromatic heterocycles. The highest BCUT2D eigenvalue weighted by molar-refractivity contribution is 5.98. The molecule has 232 valence electrons. The molecule has 3 heterocycles. The number of hydrogen-bond acceptors (Lipinski definition) is 5. The van der Waals surface area contributed by atoms with Crippen LogP contribution >= 0.6 is 0 Å². The van der Waals surface area contributed by atoms with Gasteiger partial charge < -0.3 is 29.5 Å². The molecule has 0 spiro atoms. The molecule has 10 heteroatoms. The van der Waals surface area contributed by atoms with Crippen LogP contribution in [-0.4, -0.2) is 96.7 Å². The molecule has 6 rings (SSSR count). The van der Waals surface area contributed by atoms with Crippen LogP contribution in [0.2, 0.25) is 0 Å². The zero-order valence-corrected chi connectivity index (χ0v) is 25.0. The normalized spacial score (nSPS) is 20.2. The number of nitrogens with zero attached hydrogens (tertiary/aromatic N) is 5. The first-order valence-corrected chi connectivity index (χ1v) is 15.3. The third-order valence-electron chi connectivity index (χ3n) is 8.74. The Bertz CT molecular complexity index is 1640. The van der Waals surface area contributed by atoms with E-state index < -0.39 is 11.7 Å². The second-order valence-electron chi connectivity index (χ2n) is 11.9. The van der Waals surface area contributed by atoms with Crippen molar-refractivity contribution in [2.24, 2.45) is 0 Å². The van der Waals surface area contributed by atoms with Crippen LogP contribution in [0.1, 0.15) is 39.3 Å². The first-order valence-electron chi connectivity index (χ1n) is 15.3. The molecule has 2 saturated heterocycles. The maximum Gasteiger partial charge on any atom is 0.407 e. The van der Waals surface area contributed by atoms with Crippen molar-refractivity contribution in [2.75, 3.05) is 32.7 Å². The zero-order valence-electron chi connectivity index (χ0n) is 25.0. The standard InChI is InChI=1S/C35H37N5O5/c41-32(28-15-8-3-9-16-28)38-18-10-17-35(45,23-38)24-39-25-36-30(31(39)27-13-6-2-7-14-27)33(42)40-20-19-37(34(43)44)22-29(40)21-26-11-4-1-5-12-26/h1-9,11-16,25,29,45H,10,17-24H2,(H,43,44)/t29-,35?/m1/s1. The predicted molar refractivity (Wildman–Crippen MR) is 169 cm³/mol. The summed E-state index contributed by atoms with van der Waals surface area (Å²) in [6.45, 7) is 1.51. The largest absolute Gasteiger partial charge is 0.465 e. The number of rotatable bonds is 7. The van der Waals surface area contributed by atoms with Crippen molar-refractivity contribution in [3.8, 4) is 11.3 Å². The van der Waals surface area contributed by atoms with Crippen molar-refractivity contribution >= 4 is 17.9 Å². The highest BCUT2D eigenvalue weighted by Gasteiger charge is 2.39. The Balaban J connectivity index is 1.30. The molecule has 3 amide bonds. The number of hydrogen-bond donors (Lipinski definition) is 2. The first kappa shape index (κ1) is 30.1. The van der Waals surface area contributed by atoms with E-state index in [1.807, 2.05) is 83.4 Å². The van der Waals surface area contributed by atoms with Gasteiger partial charge in [-0.25, -0.2) is 9.78 Å². The Hall–Kier alpha value is -4.96. The Labute approximate surface area is 262 Å². The van der Waals surface area contributed by atoms with Gasteiger partial charge in [-0.3, -0.25) is 9.59 Å². The van der Waals surface area contributed by atoms with Crippen molar-refractivity contribution < 1.29 is 24.6 Å². The Morgan fingerprint density at radius 1 is 0.822 bits per heavy atom. The number of benzene rings is 3. The van der Waals surface area contributed by atoms with Crippen molar-refractivity contribution in [2.45, 2.75) is 37.5 Å². The van der Waals surface area contributed by atoms with E-state index in [1.54, 1.807) is 28.3 Å². The molecule has 2 aliphatic rings. The summed E-state index contributed by atoms with van der Waals surface area (Å²) in [5, 5.41) is 21.6. The van der Waals surface area contributed by atoms with E-state index in [0.29, 0.717) is 37.1 Å². The maximum atomic E-state index is 14.3. The van der Waals surface area contributed by atoms with Crippen LogP contribution in [0.5, 0.6) is 0 Å². The van der Waals surface area contributed by atoms with Gasteiger partial charge in [0, 0.05) is 37.3 Å². The second-order valence-corrected chi connectivity index (χ2v) is 11.9. The summed E-state index contributed by atoms with van der Waals surface area (Å²) in [7, 11) is 0. The molecule has 2 aliphatic heterocycles. The summed E-state index contributed by atoms with van der Waals surface area (Å²) in [5.74, 6) is -0.404. The molecule has 2 atom stereocenters. The Kier molecular flexibility index (Phi) is 8.66. The number of aromatic nitrogens is 2. The van der Waals surface area contributed by atoms with Crippen molar-refractivity contribution in [3.05, 3.63) is 114 Å². The lowest BCUT2D eigenvalue weighted by atomic mass is 9.91. The van der Waals surface area contributed by atoms with E-state index in [4.69, 9.17) is 0 Å². The van der Waals surface area contributed by atoms with E-state index in [2.05, 4.69) is 4.98 Å². The van der Waals surface area contributed by atoms with Gasteiger partial charge in [-0.05, 0) is 37.0 Å². The Morgan fingerprint density at radius 3 is 2.18 bits per heavy atom. The average Bonchev–Trinajstić information content (AvgIpc) is 3.48. The average molecular weight is 608 g/mol. The fourth-order valence-electron chi connectivity index (χ4n) is 6.55. The summed E-state index contributed by atoms with van der Waals surface area (Å²) in [4.78, 5) is 48.8. The molecule has 0 aliphatic carbocycles. The van der Waals surface area contributed by atoms with E-state index in [-0.39, 0.29) is 56.3 Å². The monoisotopic (exact) mass is 607 g/mol. The van der Waals surface area contributed by atoms with Gasteiger partial charge in [0.15, 0.2) is 5.69 Å². The van der Waals surface area contributed by atoms with Gasteiger partial charge in [0.1, 0.15) is 5.60 Å². The van der Waals surface area contributed by atoms with Crippen LogP contribution in [0.3, 0.4) is 0 Å². The third kappa shape index (κ3) is 6.61. The summed E-state index contributed by atoms with van der Waals surface area (Å²) < 4.78 is 1.82. The zero-order chi connectivity index (χ0) is 31.4. The van der Waals surface area contributed by atoms with Crippen molar-refractivity contribution in [1.29, 1.82) is 0 Å². The lowest BCUT2D eigenvalue weighted by Crippen LogP contribution is -2.57. The van der Waals surface area contributed by atoms with Gasteiger partial charge in [-0.15, -0.1) is 0 Å².